The number of nitrogens with two attached hydrogens (primary N) is 1. The van der Waals surface area contributed by atoms with Gasteiger partial charge in [0.05, 0.1) is 6.04 Å². The van der Waals surface area contributed by atoms with E-state index in [0.717, 1.165) is 5.56 Å². The first-order valence-electron chi connectivity index (χ1n) is 9.61. The molecule has 0 aromatic heterocycles. The zero-order valence-electron chi connectivity index (χ0n) is 15.8. The van der Waals surface area contributed by atoms with Gasteiger partial charge in [0.25, 0.3) is 0 Å². The number of nitrogens with one attached hydrogen (secondary N) is 1. The zero-order chi connectivity index (χ0) is 19.4. The summed E-state index contributed by atoms with van der Waals surface area (Å²) in [6.07, 6.45) is 0. The van der Waals surface area contributed by atoms with Crippen LogP contribution in [-0.2, 0) is 11.3 Å². The van der Waals surface area contributed by atoms with E-state index in [9.17, 15) is 4.79 Å². The molecule has 0 bridgehead atoms. The molecule has 1 fully saturated rings. The second-order valence-electron chi connectivity index (χ2n) is 7.41. The molecule has 1 saturated heterocycles. The largest absolute Gasteiger partial charge is 0.368 e. The lowest BCUT2D eigenvalue weighted by Crippen LogP contribution is -2.74. The second-order valence-corrected chi connectivity index (χ2v) is 7.41. The molecule has 1 aliphatic rings. The van der Waals surface area contributed by atoms with Gasteiger partial charge in [-0.2, -0.15) is 0 Å². The van der Waals surface area contributed by atoms with E-state index in [4.69, 9.17) is 5.73 Å². The van der Waals surface area contributed by atoms with Crippen LogP contribution in [0.3, 0.4) is 0 Å². The third-order valence-corrected chi connectivity index (χ3v) is 5.49. The van der Waals surface area contributed by atoms with E-state index in [1.54, 1.807) is 0 Å². The van der Waals surface area contributed by atoms with Crippen LogP contribution >= 0.6 is 0 Å². The Hall–Kier alpha value is -2.95. The summed E-state index contributed by atoms with van der Waals surface area (Å²) in [6, 6.07) is 31.0. The highest BCUT2D eigenvalue weighted by molar-refractivity contribution is 5.86. The standard InChI is InChI=1S/C24H25N3O/c25-23(28)24(26-16-19-10-4-1-5-11-19)17-27(18-24)22(20-12-6-2-7-13-20)21-14-8-3-9-15-21/h1-15,22,26H,16-18H2,(H2,25,28). The topological polar surface area (TPSA) is 58.4 Å². The van der Waals surface area contributed by atoms with Crippen LogP contribution in [0.4, 0.5) is 0 Å². The molecule has 28 heavy (non-hydrogen) atoms. The minimum Gasteiger partial charge on any atom is -0.368 e. The summed E-state index contributed by atoms with van der Waals surface area (Å²) in [4.78, 5) is 14.6. The molecule has 0 aliphatic carbocycles. The van der Waals surface area contributed by atoms with E-state index in [1.807, 2.05) is 30.3 Å². The van der Waals surface area contributed by atoms with E-state index in [-0.39, 0.29) is 11.9 Å². The number of carbonyl (C=O) groups excluding carboxylic acids is 1. The van der Waals surface area contributed by atoms with Crippen molar-refractivity contribution < 1.29 is 4.79 Å². The smallest absolute Gasteiger partial charge is 0.240 e. The SMILES string of the molecule is NC(=O)C1(NCc2ccccc2)CN(C(c2ccccc2)c2ccccc2)C1. The van der Waals surface area contributed by atoms with Crippen molar-refractivity contribution >= 4 is 5.91 Å². The van der Waals surface area contributed by atoms with Gasteiger partial charge in [0.1, 0.15) is 5.54 Å². The molecule has 3 aromatic carbocycles. The number of rotatable bonds is 7. The Bertz CT molecular complexity index is 867. The number of carbonyl (C=O) groups is 1. The lowest BCUT2D eigenvalue weighted by Gasteiger charge is -2.52. The van der Waals surface area contributed by atoms with Gasteiger partial charge in [-0.1, -0.05) is 91.0 Å². The van der Waals surface area contributed by atoms with Crippen molar-refractivity contribution in [2.75, 3.05) is 13.1 Å². The molecule has 1 aliphatic heterocycles. The molecule has 3 aromatic rings. The Morgan fingerprint density at radius 2 is 1.32 bits per heavy atom. The number of amides is 1. The monoisotopic (exact) mass is 371 g/mol. The van der Waals surface area contributed by atoms with Crippen molar-refractivity contribution in [2.24, 2.45) is 5.73 Å². The number of hydrogen-bond acceptors (Lipinski definition) is 3. The Kier molecular flexibility index (Phi) is 5.24. The Morgan fingerprint density at radius 3 is 1.79 bits per heavy atom. The van der Waals surface area contributed by atoms with Crippen molar-refractivity contribution in [3.05, 3.63) is 108 Å². The predicted molar refractivity (Wildman–Crippen MR) is 112 cm³/mol. The number of hydrogen-bond donors (Lipinski definition) is 2. The fourth-order valence-electron chi connectivity index (χ4n) is 3.94. The second kappa shape index (κ2) is 7.97. The maximum atomic E-state index is 12.3. The first-order chi connectivity index (χ1) is 13.7. The molecule has 1 heterocycles. The van der Waals surface area contributed by atoms with Gasteiger partial charge >= 0.3 is 0 Å². The van der Waals surface area contributed by atoms with Crippen LogP contribution in [0.2, 0.25) is 0 Å². The van der Waals surface area contributed by atoms with E-state index in [0.29, 0.717) is 19.6 Å². The van der Waals surface area contributed by atoms with Crippen LogP contribution in [0.5, 0.6) is 0 Å². The van der Waals surface area contributed by atoms with E-state index in [2.05, 4.69) is 70.9 Å². The summed E-state index contributed by atoms with van der Waals surface area (Å²) in [7, 11) is 0. The molecule has 0 saturated carbocycles. The zero-order valence-corrected chi connectivity index (χ0v) is 15.8. The normalized spacial score (nSPS) is 15.9. The number of likely N-dealkylation sites (tertiary alicyclic amines) is 1. The van der Waals surface area contributed by atoms with E-state index < -0.39 is 5.54 Å². The van der Waals surface area contributed by atoms with E-state index in [1.165, 1.54) is 11.1 Å². The van der Waals surface area contributed by atoms with Gasteiger partial charge in [0, 0.05) is 19.6 Å². The fourth-order valence-corrected chi connectivity index (χ4v) is 3.94. The van der Waals surface area contributed by atoms with Crippen molar-refractivity contribution in [1.29, 1.82) is 0 Å². The Labute approximate surface area is 166 Å². The fraction of sp³-hybridized carbons (Fsp3) is 0.208. The highest BCUT2D eigenvalue weighted by atomic mass is 16.1. The molecule has 0 unspecified atom stereocenters. The molecule has 142 valence electrons. The number of nitrogens with zero attached hydrogens (tertiary/aromatic N) is 1. The van der Waals surface area contributed by atoms with Crippen LogP contribution in [0.15, 0.2) is 91.0 Å². The molecule has 0 atom stereocenters. The first kappa shape index (κ1) is 18.4. The summed E-state index contributed by atoms with van der Waals surface area (Å²) >= 11 is 0. The third kappa shape index (κ3) is 3.70. The number of benzene rings is 3. The molecular formula is C24H25N3O. The maximum Gasteiger partial charge on any atom is 0.240 e. The highest BCUT2D eigenvalue weighted by Crippen LogP contribution is 2.36. The van der Waals surface area contributed by atoms with Crippen molar-refractivity contribution in [1.82, 2.24) is 10.2 Å². The minimum absolute atomic E-state index is 0.105. The Balaban J connectivity index is 1.54. The molecule has 4 rings (SSSR count). The third-order valence-electron chi connectivity index (χ3n) is 5.49. The molecular weight excluding hydrogens is 346 g/mol. The summed E-state index contributed by atoms with van der Waals surface area (Å²) < 4.78 is 0. The van der Waals surface area contributed by atoms with Gasteiger partial charge < -0.3 is 5.73 Å². The lowest BCUT2D eigenvalue weighted by atomic mass is 9.84. The number of primary amides is 1. The molecule has 4 heteroatoms. The van der Waals surface area contributed by atoms with Gasteiger partial charge in [-0.15, -0.1) is 0 Å². The van der Waals surface area contributed by atoms with Crippen LogP contribution in [0.1, 0.15) is 22.7 Å². The first-order valence-corrected chi connectivity index (χ1v) is 9.61. The lowest BCUT2D eigenvalue weighted by molar-refractivity contribution is -0.133. The maximum absolute atomic E-state index is 12.3. The van der Waals surface area contributed by atoms with Gasteiger partial charge in [-0.05, 0) is 16.7 Å². The summed E-state index contributed by atoms with van der Waals surface area (Å²) in [6.45, 7) is 1.80. The van der Waals surface area contributed by atoms with Gasteiger partial charge in [-0.25, -0.2) is 0 Å². The summed E-state index contributed by atoms with van der Waals surface area (Å²) in [5, 5.41) is 3.42. The van der Waals surface area contributed by atoms with Crippen LogP contribution in [-0.4, -0.2) is 29.4 Å². The molecule has 0 spiro atoms. The van der Waals surface area contributed by atoms with Crippen molar-refractivity contribution in [3.63, 3.8) is 0 Å². The van der Waals surface area contributed by atoms with Crippen LogP contribution < -0.4 is 11.1 Å². The van der Waals surface area contributed by atoms with E-state index >= 15 is 0 Å². The average molecular weight is 371 g/mol. The molecule has 4 nitrogen and oxygen atoms in total. The van der Waals surface area contributed by atoms with Crippen LogP contribution in [0, 0.1) is 0 Å². The minimum atomic E-state index is -0.697. The average Bonchev–Trinajstić information content (AvgIpc) is 2.71. The Morgan fingerprint density at radius 1 is 0.857 bits per heavy atom. The molecule has 0 radical (unpaired) electrons. The van der Waals surface area contributed by atoms with Crippen molar-refractivity contribution in [3.8, 4) is 0 Å². The van der Waals surface area contributed by atoms with Gasteiger partial charge in [0.15, 0.2) is 0 Å². The van der Waals surface area contributed by atoms with Gasteiger partial charge in [-0.3, -0.25) is 15.0 Å². The quantitative estimate of drug-likeness (QED) is 0.671. The summed E-state index contributed by atoms with van der Waals surface area (Å²) in [5.41, 5.74) is 8.69. The van der Waals surface area contributed by atoms with Crippen LogP contribution in [0.25, 0.3) is 0 Å². The highest BCUT2D eigenvalue weighted by Gasteiger charge is 2.50. The summed E-state index contributed by atoms with van der Waals surface area (Å²) in [5.74, 6) is -0.292. The molecule has 1 amide bonds. The predicted octanol–water partition coefficient (Wildman–Crippen LogP) is 3.11. The van der Waals surface area contributed by atoms with Gasteiger partial charge in [0.2, 0.25) is 5.91 Å². The molecule has 3 N–H and O–H groups in total. The van der Waals surface area contributed by atoms with Crippen molar-refractivity contribution in [2.45, 2.75) is 18.1 Å².